The first-order valence-corrected chi connectivity index (χ1v) is 9.65. The zero-order valence-corrected chi connectivity index (χ0v) is 16.0. The van der Waals surface area contributed by atoms with E-state index in [1.807, 2.05) is 12.1 Å². The molecule has 0 unspecified atom stereocenters. The summed E-state index contributed by atoms with van der Waals surface area (Å²) in [6, 6.07) is 9.13. The second-order valence-electron chi connectivity index (χ2n) is 6.18. The summed E-state index contributed by atoms with van der Waals surface area (Å²) in [5.74, 6) is 0.799. The zero-order valence-electron chi connectivity index (χ0n) is 15.2. The lowest BCUT2D eigenvalue weighted by Crippen LogP contribution is -2.16. The lowest BCUT2D eigenvalue weighted by molar-refractivity contribution is 0.0959. The Kier molecular flexibility index (Phi) is 6.44. The molecular formula is C20H21N3O3S. The van der Waals surface area contributed by atoms with E-state index in [1.54, 1.807) is 35.8 Å². The maximum Gasteiger partial charge on any atom is 0.281 e. The van der Waals surface area contributed by atoms with Gasteiger partial charge in [-0.15, -0.1) is 11.3 Å². The standard InChI is InChI=1S/C20H21N3O3S/c1-25-17-11-14(7-8-16(17)26-10-9-21)13-22-23-20(24)19-12-15-5-3-2-4-6-18(15)27-19/h7-8,11-13H,2-6,10H2,1H3,(H,23,24)/b22-13-. The second kappa shape index (κ2) is 9.19. The summed E-state index contributed by atoms with van der Waals surface area (Å²) in [5, 5.41) is 12.6. The van der Waals surface area contributed by atoms with E-state index >= 15 is 0 Å². The van der Waals surface area contributed by atoms with Crippen LogP contribution in [0.4, 0.5) is 0 Å². The van der Waals surface area contributed by atoms with Crippen molar-refractivity contribution in [2.24, 2.45) is 5.10 Å². The van der Waals surface area contributed by atoms with Gasteiger partial charge in [-0.2, -0.15) is 10.4 Å². The molecule has 0 aliphatic heterocycles. The van der Waals surface area contributed by atoms with Crippen LogP contribution in [0.1, 0.15) is 44.9 Å². The molecule has 1 aromatic heterocycles. The number of rotatable bonds is 6. The van der Waals surface area contributed by atoms with Gasteiger partial charge in [0.1, 0.15) is 6.07 Å². The highest BCUT2D eigenvalue weighted by molar-refractivity contribution is 7.14. The van der Waals surface area contributed by atoms with Crippen molar-refractivity contribution in [3.63, 3.8) is 0 Å². The number of hydrogen-bond acceptors (Lipinski definition) is 6. The number of hydrazone groups is 1. The van der Waals surface area contributed by atoms with Crippen molar-refractivity contribution in [1.29, 1.82) is 5.26 Å². The Labute approximate surface area is 162 Å². The molecule has 1 aliphatic carbocycles. The van der Waals surface area contributed by atoms with Gasteiger partial charge >= 0.3 is 0 Å². The number of carbonyl (C=O) groups excluding carboxylic acids is 1. The normalized spacial score (nSPS) is 13.5. The molecule has 140 valence electrons. The molecule has 1 N–H and O–H groups in total. The average Bonchev–Trinajstić information content (AvgIpc) is 2.97. The maximum atomic E-state index is 12.3. The predicted octanol–water partition coefficient (Wildman–Crippen LogP) is 3.69. The van der Waals surface area contributed by atoms with E-state index in [2.05, 4.69) is 10.5 Å². The molecule has 7 heteroatoms. The Morgan fingerprint density at radius 3 is 2.96 bits per heavy atom. The summed E-state index contributed by atoms with van der Waals surface area (Å²) in [6.45, 7) is -0.0509. The molecule has 1 amide bonds. The SMILES string of the molecule is COc1cc(/C=N\NC(=O)c2cc3c(s2)CCCCC3)ccc1OCC#N. The molecule has 27 heavy (non-hydrogen) atoms. The van der Waals surface area contributed by atoms with Crippen LogP contribution in [0.2, 0.25) is 0 Å². The number of benzene rings is 1. The van der Waals surface area contributed by atoms with Gasteiger partial charge in [0, 0.05) is 4.88 Å². The highest BCUT2D eigenvalue weighted by Crippen LogP contribution is 2.29. The minimum Gasteiger partial charge on any atom is -0.493 e. The van der Waals surface area contributed by atoms with Crippen molar-refractivity contribution in [2.45, 2.75) is 32.1 Å². The third-order valence-corrected chi connectivity index (χ3v) is 5.57. The van der Waals surface area contributed by atoms with Crippen molar-refractivity contribution < 1.29 is 14.3 Å². The molecular weight excluding hydrogens is 362 g/mol. The molecule has 1 aromatic carbocycles. The Bertz CT molecular complexity index is 860. The van der Waals surface area contributed by atoms with Crippen molar-refractivity contribution in [2.75, 3.05) is 13.7 Å². The maximum absolute atomic E-state index is 12.3. The number of ether oxygens (including phenoxy) is 2. The molecule has 2 aromatic rings. The summed E-state index contributed by atoms with van der Waals surface area (Å²) < 4.78 is 10.5. The van der Waals surface area contributed by atoms with Crippen LogP contribution in [0.15, 0.2) is 29.4 Å². The fourth-order valence-corrected chi connectivity index (χ4v) is 4.14. The highest BCUT2D eigenvalue weighted by Gasteiger charge is 2.16. The van der Waals surface area contributed by atoms with E-state index < -0.39 is 0 Å². The number of fused-ring (bicyclic) bond motifs is 1. The lowest BCUT2D eigenvalue weighted by atomic mass is 10.1. The number of nitrogens with zero attached hydrogens (tertiary/aromatic N) is 2. The molecule has 0 bridgehead atoms. The van der Waals surface area contributed by atoms with Gasteiger partial charge in [0.25, 0.3) is 5.91 Å². The van der Waals surface area contributed by atoms with E-state index in [0.29, 0.717) is 16.4 Å². The van der Waals surface area contributed by atoms with Crippen LogP contribution in [0.5, 0.6) is 11.5 Å². The van der Waals surface area contributed by atoms with Crippen LogP contribution in [-0.4, -0.2) is 25.8 Å². The average molecular weight is 383 g/mol. The van der Waals surface area contributed by atoms with Crippen LogP contribution >= 0.6 is 11.3 Å². The van der Waals surface area contributed by atoms with Gasteiger partial charge in [0.2, 0.25) is 0 Å². The van der Waals surface area contributed by atoms with E-state index in [1.165, 1.54) is 36.8 Å². The van der Waals surface area contributed by atoms with E-state index in [0.717, 1.165) is 18.4 Å². The van der Waals surface area contributed by atoms with Crippen LogP contribution in [0.3, 0.4) is 0 Å². The van der Waals surface area contributed by atoms with E-state index in [4.69, 9.17) is 14.7 Å². The summed E-state index contributed by atoms with van der Waals surface area (Å²) in [4.78, 5) is 14.4. The Morgan fingerprint density at radius 2 is 2.15 bits per heavy atom. The summed E-state index contributed by atoms with van der Waals surface area (Å²) in [7, 11) is 1.53. The topological polar surface area (TPSA) is 83.7 Å². The van der Waals surface area contributed by atoms with Crippen molar-refractivity contribution in [1.82, 2.24) is 5.43 Å². The molecule has 1 heterocycles. The van der Waals surface area contributed by atoms with E-state index in [-0.39, 0.29) is 12.5 Å². The fraction of sp³-hybridized carbons (Fsp3) is 0.350. The van der Waals surface area contributed by atoms with Gasteiger partial charge < -0.3 is 9.47 Å². The number of thiophene rings is 1. The Balaban J connectivity index is 1.63. The number of amides is 1. The molecule has 0 atom stereocenters. The lowest BCUT2D eigenvalue weighted by Gasteiger charge is -2.08. The fourth-order valence-electron chi connectivity index (χ4n) is 2.99. The van der Waals surface area contributed by atoms with Crippen molar-refractivity contribution in [3.8, 4) is 17.6 Å². The minimum atomic E-state index is -0.190. The van der Waals surface area contributed by atoms with Crippen LogP contribution in [0.25, 0.3) is 0 Å². The molecule has 0 radical (unpaired) electrons. The number of aryl methyl sites for hydroxylation is 2. The number of hydrogen-bond donors (Lipinski definition) is 1. The van der Waals surface area contributed by atoms with Gasteiger partial charge in [-0.1, -0.05) is 6.42 Å². The van der Waals surface area contributed by atoms with Crippen LogP contribution in [-0.2, 0) is 12.8 Å². The molecule has 6 nitrogen and oxygen atoms in total. The first kappa shape index (κ1) is 18.9. The van der Waals surface area contributed by atoms with Crippen molar-refractivity contribution >= 4 is 23.5 Å². The highest BCUT2D eigenvalue weighted by atomic mass is 32.1. The molecule has 1 aliphatic rings. The summed E-state index contributed by atoms with van der Waals surface area (Å²) in [5.41, 5.74) is 4.64. The monoisotopic (exact) mass is 383 g/mol. The Hall–Kier alpha value is -2.85. The van der Waals surface area contributed by atoms with Gasteiger partial charge in [-0.3, -0.25) is 4.79 Å². The molecule has 0 spiro atoms. The molecule has 3 rings (SSSR count). The quantitative estimate of drug-likeness (QED) is 0.468. The van der Waals surface area contributed by atoms with Crippen molar-refractivity contribution in [3.05, 3.63) is 45.1 Å². The first-order valence-electron chi connectivity index (χ1n) is 8.84. The number of nitriles is 1. The number of nitrogens with one attached hydrogen (secondary N) is 1. The smallest absolute Gasteiger partial charge is 0.281 e. The summed E-state index contributed by atoms with van der Waals surface area (Å²) >= 11 is 1.57. The molecule has 0 saturated heterocycles. The molecule has 0 saturated carbocycles. The third kappa shape index (κ3) is 4.86. The largest absolute Gasteiger partial charge is 0.493 e. The van der Waals surface area contributed by atoms with Gasteiger partial charge in [0.15, 0.2) is 18.1 Å². The molecule has 0 fully saturated rings. The third-order valence-electron chi connectivity index (χ3n) is 4.33. The predicted molar refractivity (Wildman–Crippen MR) is 105 cm³/mol. The van der Waals surface area contributed by atoms with E-state index in [9.17, 15) is 4.79 Å². The number of methoxy groups -OCH3 is 1. The number of carbonyl (C=O) groups is 1. The Morgan fingerprint density at radius 1 is 1.30 bits per heavy atom. The van der Waals surface area contributed by atoms with Crippen LogP contribution in [0, 0.1) is 11.3 Å². The first-order chi connectivity index (χ1) is 13.2. The van der Waals surface area contributed by atoms with Gasteiger partial charge in [-0.05, 0) is 61.1 Å². The van der Waals surface area contributed by atoms with Gasteiger partial charge in [-0.25, -0.2) is 5.43 Å². The minimum absolute atomic E-state index is 0.0509. The summed E-state index contributed by atoms with van der Waals surface area (Å²) in [6.07, 6.45) is 7.32. The second-order valence-corrected chi connectivity index (χ2v) is 7.31. The van der Waals surface area contributed by atoms with Gasteiger partial charge in [0.05, 0.1) is 18.2 Å². The zero-order chi connectivity index (χ0) is 19.1. The van der Waals surface area contributed by atoms with Crippen LogP contribution < -0.4 is 14.9 Å².